The van der Waals surface area contributed by atoms with Crippen molar-refractivity contribution in [1.29, 1.82) is 0 Å². The van der Waals surface area contributed by atoms with Crippen LogP contribution in [0.15, 0.2) is 0 Å². The molecule has 1 aliphatic rings. The average Bonchev–Trinajstić information content (AvgIpc) is 2.37. The molecule has 0 aromatic heterocycles. The summed E-state index contributed by atoms with van der Waals surface area (Å²) in [4.78, 5) is 35.4. The van der Waals surface area contributed by atoms with Crippen molar-refractivity contribution in [2.24, 2.45) is 5.73 Å². The van der Waals surface area contributed by atoms with E-state index >= 15 is 0 Å². The first-order chi connectivity index (χ1) is 8.97. The third-order valence-corrected chi connectivity index (χ3v) is 3.11. The summed E-state index contributed by atoms with van der Waals surface area (Å²) in [6, 6.07) is -2.50. The largest absolute Gasteiger partial charge is 0.480 e. The molecular formula is C11H19N3O5. The highest BCUT2D eigenvalue weighted by Gasteiger charge is 2.32. The molecule has 1 rings (SSSR count). The summed E-state index contributed by atoms with van der Waals surface area (Å²) in [6.45, 7) is 0.0153. The molecule has 1 saturated heterocycles. The maximum absolute atomic E-state index is 12.0. The van der Waals surface area contributed by atoms with E-state index in [0.29, 0.717) is 13.0 Å². The number of piperidine rings is 1. The lowest BCUT2D eigenvalue weighted by Crippen LogP contribution is -2.56. The number of rotatable bonds is 5. The zero-order valence-electron chi connectivity index (χ0n) is 10.5. The van der Waals surface area contributed by atoms with Crippen LogP contribution in [0.3, 0.4) is 0 Å². The van der Waals surface area contributed by atoms with E-state index in [1.165, 1.54) is 4.90 Å². The van der Waals surface area contributed by atoms with Gasteiger partial charge in [0.05, 0.1) is 0 Å². The molecule has 1 fully saturated rings. The Balaban J connectivity index is 2.68. The average molecular weight is 273 g/mol. The van der Waals surface area contributed by atoms with Gasteiger partial charge < -0.3 is 26.2 Å². The fourth-order valence-corrected chi connectivity index (χ4v) is 2.09. The maximum Gasteiger partial charge on any atom is 0.326 e. The molecule has 0 spiro atoms. The summed E-state index contributed by atoms with van der Waals surface area (Å²) in [5.74, 6) is -1.82. The predicted octanol–water partition coefficient (Wildman–Crippen LogP) is -1.13. The highest BCUT2D eigenvalue weighted by molar-refractivity contribution is 5.88. The van der Waals surface area contributed by atoms with Crippen molar-refractivity contribution in [2.45, 2.75) is 37.8 Å². The Kier molecular flexibility index (Phi) is 5.56. The van der Waals surface area contributed by atoms with Crippen LogP contribution < -0.4 is 11.1 Å². The summed E-state index contributed by atoms with van der Waals surface area (Å²) in [5, 5.41) is 19.9. The van der Waals surface area contributed by atoms with Gasteiger partial charge in [0.15, 0.2) is 0 Å². The van der Waals surface area contributed by atoms with Gasteiger partial charge in [-0.05, 0) is 19.3 Å². The molecule has 0 saturated carbocycles. The lowest BCUT2D eigenvalue weighted by Gasteiger charge is -2.34. The lowest BCUT2D eigenvalue weighted by molar-refractivity contribution is -0.139. The number of aliphatic hydroxyl groups excluding tert-OH is 1. The molecule has 5 N–H and O–H groups in total. The van der Waals surface area contributed by atoms with E-state index in [-0.39, 0.29) is 13.0 Å². The van der Waals surface area contributed by atoms with Gasteiger partial charge in [-0.2, -0.15) is 0 Å². The number of carbonyl (C=O) groups excluding carboxylic acids is 2. The number of amides is 3. The minimum absolute atomic E-state index is 0.0872. The van der Waals surface area contributed by atoms with Gasteiger partial charge >= 0.3 is 12.0 Å². The summed E-state index contributed by atoms with van der Waals surface area (Å²) in [7, 11) is 0. The number of urea groups is 1. The number of aliphatic carboxylic acids is 1. The van der Waals surface area contributed by atoms with Gasteiger partial charge in [0, 0.05) is 19.6 Å². The number of hydrogen-bond acceptors (Lipinski definition) is 4. The van der Waals surface area contributed by atoms with Crippen molar-refractivity contribution in [3.05, 3.63) is 0 Å². The molecule has 0 radical (unpaired) electrons. The van der Waals surface area contributed by atoms with Gasteiger partial charge in [0.25, 0.3) is 0 Å². The van der Waals surface area contributed by atoms with Crippen molar-refractivity contribution in [2.75, 3.05) is 13.2 Å². The molecule has 1 heterocycles. The van der Waals surface area contributed by atoms with Crippen molar-refractivity contribution < 1.29 is 24.6 Å². The van der Waals surface area contributed by atoms with Crippen molar-refractivity contribution >= 4 is 17.9 Å². The normalized spacial score (nSPS) is 20.7. The highest BCUT2D eigenvalue weighted by Crippen LogP contribution is 2.16. The standard InChI is InChI=1S/C11H19N3O5/c12-9(16)8-3-1-2-5-14(8)11(19)13-7(4-6-15)10(17)18/h7-8,15H,1-6H2,(H2,12,16)(H,13,19)(H,17,18)/t7-,8?/m0/s1. The van der Waals surface area contributed by atoms with Gasteiger partial charge in [0.2, 0.25) is 5.91 Å². The summed E-state index contributed by atoms with van der Waals surface area (Å²) < 4.78 is 0. The lowest BCUT2D eigenvalue weighted by atomic mass is 10.0. The second-order valence-corrected chi connectivity index (χ2v) is 4.46. The molecule has 8 heteroatoms. The van der Waals surface area contributed by atoms with Crippen LogP contribution in [0.4, 0.5) is 4.79 Å². The van der Waals surface area contributed by atoms with E-state index in [9.17, 15) is 14.4 Å². The monoisotopic (exact) mass is 273 g/mol. The van der Waals surface area contributed by atoms with E-state index in [1.54, 1.807) is 0 Å². The molecule has 1 unspecified atom stereocenters. The third-order valence-electron chi connectivity index (χ3n) is 3.11. The Morgan fingerprint density at radius 1 is 1.37 bits per heavy atom. The van der Waals surface area contributed by atoms with Crippen LogP contribution >= 0.6 is 0 Å². The van der Waals surface area contributed by atoms with Crippen LogP contribution in [0.25, 0.3) is 0 Å². The SMILES string of the molecule is NC(=O)C1CCCCN1C(=O)N[C@@H](CCO)C(=O)O. The molecule has 19 heavy (non-hydrogen) atoms. The Morgan fingerprint density at radius 3 is 2.58 bits per heavy atom. The van der Waals surface area contributed by atoms with Crippen molar-refractivity contribution in [1.82, 2.24) is 10.2 Å². The number of likely N-dealkylation sites (tertiary alicyclic amines) is 1. The summed E-state index contributed by atoms with van der Waals surface area (Å²) in [6.07, 6.45) is 1.95. The minimum atomic E-state index is -1.23. The number of hydrogen-bond donors (Lipinski definition) is 4. The van der Waals surface area contributed by atoms with E-state index in [0.717, 1.165) is 12.8 Å². The van der Waals surface area contributed by atoms with Crippen LogP contribution in [0.1, 0.15) is 25.7 Å². The Labute approximate surface area is 110 Å². The topological polar surface area (TPSA) is 133 Å². The van der Waals surface area contributed by atoms with Crippen LogP contribution in [0.5, 0.6) is 0 Å². The van der Waals surface area contributed by atoms with E-state index in [1.807, 2.05) is 0 Å². The molecule has 0 bridgehead atoms. The van der Waals surface area contributed by atoms with Crippen LogP contribution in [0, 0.1) is 0 Å². The molecule has 1 aliphatic heterocycles. The Bertz CT molecular complexity index is 360. The fraction of sp³-hybridized carbons (Fsp3) is 0.727. The number of carbonyl (C=O) groups is 3. The number of carboxylic acids is 1. The number of nitrogens with one attached hydrogen (secondary N) is 1. The number of nitrogens with zero attached hydrogens (tertiary/aromatic N) is 1. The van der Waals surface area contributed by atoms with Crippen LogP contribution in [-0.4, -0.2) is 58.3 Å². The molecule has 0 aromatic rings. The van der Waals surface area contributed by atoms with Gasteiger partial charge in [-0.3, -0.25) is 4.79 Å². The summed E-state index contributed by atoms with van der Waals surface area (Å²) >= 11 is 0. The summed E-state index contributed by atoms with van der Waals surface area (Å²) in [5.41, 5.74) is 5.23. The third kappa shape index (κ3) is 4.09. The first kappa shape index (κ1) is 15.2. The second-order valence-electron chi connectivity index (χ2n) is 4.46. The van der Waals surface area contributed by atoms with Crippen molar-refractivity contribution in [3.63, 3.8) is 0 Å². The van der Waals surface area contributed by atoms with Gasteiger partial charge in [0.1, 0.15) is 12.1 Å². The molecule has 108 valence electrons. The van der Waals surface area contributed by atoms with Gasteiger partial charge in [-0.25, -0.2) is 9.59 Å². The number of carboxylic acid groups (broad SMARTS) is 1. The van der Waals surface area contributed by atoms with Gasteiger partial charge in [-0.15, -0.1) is 0 Å². The smallest absolute Gasteiger partial charge is 0.326 e. The second kappa shape index (κ2) is 6.93. The molecule has 2 atom stereocenters. The molecule has 8 nitrogen and oxygen atoms in total. The zero-order valence-corrected chi connectivity index (χ0v) is 10.5. The Hall–Kier alpha value is -1.83. The number of primary amides is 1. The highest BCUT2D eigenvalue weighted by atomic mass is 16.4. The van der Waals surface area contributed by atoms with E-state index < -0.39 is 30.0 Å². The zero-order chi connectivity index (χ0) is 14.4. The van der Waals surface area contributed by atoms with Crippen LogP contribution in [-0.2, 0) is 9.59 Å². The predicted molar refractivity (Wildman–Crippen MR) is 65.2 cm³/mol. The first-order valence-electron chi connectivity index (χ1n) is 6.17. The maximum atomic E-state index is 12.0. The quantitative estimate of drug-likeness (QED) is 0.503. The molecular weight excluding hydrogens is 254 g/mol. The van der Waals surface area contributed by atoms with E-state index in [4.69, 9.17) is 15.9 Å². The number of nitrogens with two attached hydrogens (primary N) is 1. The molecule has 0 aliphatic carbocycles. The van der Waals surface area contributed by atoms with E-state index in [2.05, 4.69) is 5.32 Å². The van der Waals surface area contributed by atoms with Crippen LogP contribution in [0.2, 0.25) is 0 Å². The Morgan fingerprint density at radius 2 is 2.05 bits per heavy atom. The fourth-order valence-electron chi connectivity index (χ4n) is 2.09. The minimum Gasteiger partial charge on any atom is -0.480 e. The molecule has 0 aromatic carbocycles. The van der Waals surface area contributed by atoms with Crippen molar-refractivity contribution in [3.8, 4) is 0 Å². The van der Waals surface area contributed by atoms with Gasteiger partial charge in [-0.1, -0.05) is 0 Å². The molecule has 3 amide bonds. The first-order valence-corrected chi connectivity index (χ1v) is 6.17. The number of aliphatic hydroxyl groups is 1.